The summed E-state index contributed by atoms with van der Waals surface area (Å²) in [7, 11) is 1.89. The smallest absolute Gasteiger partial charge is 0.167 e. The van der Waals surface area contributed by atoms with Gasteiger partial charge in [0.15, 0.2) is 11.6 Å². The van der Waals surface area contributed by atoms with E-state index < -0.39 is 5.82 Å². The van der Waals surface area contributed by atoms with Gasteiger partial charge in [0.2, 0.25) is 0 Å². The lowest BCUT2D eigenvalue weighted by Crippen LogP contribution is -2.67. The molecule has 3 heterocycles. The standard InChI is InChI=1S/C24H22Cl2FN7O/c1-24(31-2)11-34(12-24)23-13(6-28)3-14(7-33-23)22(30)15-4-21(19(27)5-20(15)29)35-10-16-17(25)8-32-9-18(16)26/h3-5,7-9,30-31H,10-12,29H2,1-2H3. The molecule has 1 aliphatic rings. The van der Waals surface area contributed by atoms with Crippen LogP contribution in [0.1, 0.15) is 29.2 Å². The molecule has 35 heavy (non-hydrogen) atoms. The molecule has 180 valence electrons. The molecule has 2 aromatic heterocycles. The number of halogens is 3. The third-order valence-corrected chi connectivity index (χ3v) is 6.61. The molecule has 0 unspecified atom stereocenters. The Hall–Kier alpha value is -3.45. The molecule has 1 aromatic carbocycles. The lowest BCUT2D eigenvalue weighted by atomic mass is 9.92. The molecule has 3 aromatic rings. The van der Waals surface area contributed by atoms with E-state index in [1.807, 2.05) is 11.9 Å². The number of nitrogens with one attached hydrogen (secondary N) is 2. The summed E-state index contributed by atoms with van der Waals surface area (Å²) in [5, 5.41) is 22.2. The minimum absolute atomic E-state index is 0.0217. The van der Waals surface area contributed by atoms with Gasteiger partial charge in [0.05, 0.1) is 26.9 Å². The number of ether oxygens (including phenoxy) is 1. The monoisotopic (exact) mass is 513 g/mol. The van der Waals surface area contributed by atoms with Crippen molar-refractivity contribution in [1.82, 2.24) is 15.3 Å². The fraction of sp³-hybridized carbons (Fsp3) is 0.250. The normalized spacial score (nSPS) is 14.2. The van der Waals surface area contributed by atoms with E-state index in [1.165, 1.54) is 24.7 Å². The number of pyridine rings is 2. The summed E-state index contributed by atoms with van der Waals surface area (Å²) in [5.74, 6) is -0.268. The number of nitrogens with zero attached hydrogens (tertiary/aromatic N) is 4. The Morgan fingerprint density at radius 2 is 1.97 bits per heavy atom. The molecule has 0 radical (unpaired) electrons. The average Bonchev–Trinajstić information content (AvgIpc) is 2.82. The van der Waals surface area contributed by atoms with Gasteiger partial charge in [-0.1, -0.05) is 23.2 Å². The maximum absolute atomic E-state index is 14.6. The van der Waals surface area contributed by atoms with E-state index in [-0.39, 0.29) is 44.9 Å². The van der Waals surface area contributed by atoms with Crippen molar-refractivity contribution in [2.75, 3.05) is 30.8 Å². The van der Waals surface area contributed by atoms with Crippen molar-refractivity contribution in [2.24, 2.45) is 0 Å². The van der Waals surface area contributed by atoms with Crippen molar-refractivity contribution in [2.45, 2.75) is 19.1 Å². The summed E-state index contributed by atoms with van der Waals surface area (Å²) >= 11 is 12.2. The van der Waals surface area contributed by atoms with Crippen LogP contribution in [0.25, 0.3) is 0 Å². The SMILES string of the molecule is CNC1(C)CN(c2ncc(C(=N)c3cc(OCc4c(Cl)cncc4Cl)c(F)cc3N)cc2C#N)C1. The van der Waals surface area contributed by atoms with Crippen LogP contribution in [-0.2, 0) is 6.61 Å². The quantitative estimate of drug-likeness (QED) is 0.319. The van der Waals surface area contributed by atoms with Gasteiger partial charge in [-0.25, -0.2) is 9.37 Å². The second-order valence-corrected chi connectivity index (χ2v) is 9.30. The van der Waals surface area contributed by atoms with E-state index in [9.17, 15) is 9.65 Å². The molecular weight excluding hydrogens is 492 g/mol. The second-order valence-electron chi connectivity index (χ2n) is 8.49. The van der Waals surface area contributed by atoms with E-state index in [2.05, 4.69) is 28.3 Å². The molecule has 4 N–H and O–H groups in total. The van der Waals surface area contributed by atoms with Gasteiger partial charge in [0.1, 0.15) is 18.5 Å². The highest BCUT2D eigenvalue weighted by atomic mass is 35.5. The van der Waals surface area contributed by atoms with Crippen molar-refractivity contribution in [3.8, 4) is 11.8 Å². The molecule has 0 atom stereocenters. The first-order valence-electron chi connectivity index (χ1n) is 10.6. The van der Waals surface area contributed by atoms with Crippen LogP contribution in [0, 0.1) is 22.6 Å². The fourth-order valence-electron chi connectivity index (χ4n) is 3.81. The van der Waals surface area contributed by atoms with Crippen LogP contribution in [0.15, 0.2) is 36.8 Å². The van der Waals surface area contributed by atoms with Crippen LogP contribution in [-0.4, -0.2) is 41.4 Å². The molecule has 11 heteroatoms. The third kappa shape index (κ3) is 4.86. The summed E-state index contributed by atoms with van der Waals surface area (Å²) in [6.45, 7) is 3.40. The lowest BCUT2D eigenvalue weighted by molar-refractivity contribution is 0.290. The zero-order valence-electron chi connectivity index (χ0n) is 19.0. The summed E-state index contributed by atoms with van der Waals surface area (Å²) in [6.07, 6.45) is 4.33. The van der Waals surface area contributed by atoms with Crippen LogP contribution in [0.5, 0.6) is 5.75 Å². The number of nitriles is 1. The van der Waals surface area contributed by atoms with Crippen molar-refractivity contribution in [1.29, 1.82) is 10.7 Å². The molecule has 8 nitrogen and oxygen atoms in total. The van der Waals surface area contributed by atoms with E-state index in [1.54, 1.807) is 6.07 Å². The molecular formula is C24H22Cl2FN7O. The topological polar surface area (TPSA) is 124 Å². The minimum Gasteiger partial charge on any atom is -0.486 e. The van der Waals surface area contributed by atoms with Gasteiger partial charge < -0.3 is 20.7 Å². The van der Waals surface area contributed by atoms with Gasteiger partial charge in [0, 0.05) is 60.1 Å². The van der Waals surface area contributed by atoms with Gasteiger partial charge in [-0.2, -0.15) is 5.26 Å². The molecule has 1 aliphatic heterocycles. The predicted octanol–water partition coefficient (Wildman–Crippen LogP) is 4.17. The van der Waals surface area contributed by atoms with Gasteiger partial charge in [-0.05, 0) is 26.1 Å². The highest BCUT2D eigenvalue weighted by molar-refractivity contribution is 6.35. The third-order valence-electron chi connectivity index (χ3n) is 5.96. The summed E-state index contributed by atoms with van der Waals surface area (Å²) < 4.78 is 20.2. The Bertz CT molecular complexity index is 1330. The van der Waals surface area contributed by atoms with E-state index >= 15 is 0 Å². The zero-order chi connectivity index (χ0) is 25.3. The molecule has 0 spiro atoms. The van der Waals surface area contributed by atoms with Gasteiger partial charge >= 0.3 is 0 Å². The Morgan fingerprint density at radius 1 is 1.29 bits per heavy atom. The molecule has 0 aliphatic carbocycles. The van der Waals surface area contributed by atoms with Crippen LogP contribution in [0.2, 0.25) is 10.0 Å². The number of nitrogens with two attached hydrogens (primary N) is 1. The Kier molecular flexibility index (Phi) is 6.81. The molecule has 1 fully saturated rings. The summed E-state index contributed by atoms with van der Waals surface area (Å²) in [5.41, 5.74) is 7.41. The average molecular weight is 514 g/mol. The predicted molar refractivity (Wildman–Crippen MR) is 134 cm³/mol. The number of hydrogen-bond acceptors (Lipinski definition) is 8. The van der Waals surface area contributed by atoms with Crippen molar-refractivity contribution in [3.63, 3.8) is 0 Å². The van der Waals surface area contributed by atoms with E-state index in [0.717, 1.165) is 6.07 Å². The molecule has 4 rings (SSSR count). The molecule has 0 saturated carbocycles. The van der Waals surface area contributed by atoms with Crippen molar-refractivity contribution in [3.05, 3.63) is 74.9 Å². The van der Waals surface area contributed by atoms with Crippen molar-refractivity contribution < 1.29 is 9.13 Å². The number of nitrogen functional groups attached to an aromatic ring is 1. The molecule has 0 amide bonds. The summed E-state index contributed by atoms with van der Waals surface area (Å²) in [6, 6.07) is 6.16. The Labute approximate surface area is 212 Å². The Balaban J connectivity index is 1.59. The van der Waals surface area contributed by atoms with Gasteiger partial charge in [0.25, 0.3) is 0 Å². The number of likely N-dealkylation sites (N-methyl/N-ethyl adjacent to an activating group) is 1. The maximum atomic E-state index is 14.6. The zero-order valence-corrected chi connectivity index (χ0v) is 20.5. The van der Waals surface area contributed by atoms with Gasteiger partial charge in [-0.15, -0.1) is 0 Å². The minimum atomic E-state index is -0.697. The van der Waals surface area contributed by atoms with Crippen LogP contribution in [0.3, 0.4) is 0 Å². The first kappa shape index (κ1) is 24.7. The Morgan fingerprint density at radius 3 is 2.60 bits per heavy atom. The first-order valence-corrected chi connectivity index (χ1v) is 11.3. The van der Waals surface area contributed by atoms with Crippen LogP contribution < -0.4 is 20.7 Å². The molecule has 1 saturated heterocycles. The van der Waals surface area contributed by atoms with Crippen LogP contribution >= 0.6 is 23.2 Å². The number of aromatic nitrogens is 2. The largest absolute Gasteiger partial charge is 0.486 e. The highest BCUT2D eigenvalue weighted by Crippen LogP contribution is 2.31. The van der Waals surface area contributed by atoms with Crippen LogP contribution in [0.4, 0.5) is 15.9 Å². The first-order chi connectivity index (χ1) is 16.7. The maximum Gasteiger partial charge on any atom is 0.167 e. The van der Waals surface area contributed by atoms with E-state index in [0.29, 0.717) is 35.6 Å². The number of anilines is 2. The number of benzene rings is 1. The van der Waals surface area contributed by atoms with E-state index in [4.69, 9.17) is 39.1 Å². The van der Waals surface area contributed by atoms with Crippen molar-refractivity contribution >= 4 is 40.4 Å². The molecule has 0 bridgehead atoms. The fourth-order valence-corrected chi connectivity index (χ4v) is 4.28. The number of rotatable bonds is 7. The lowest BCUT2D eigenvalue weighted by Gasteiger charge is -2.48. The highest BCUT2D eigenvalue weighted by Gasteiger charge is 2.39. The van der Waals surface area contributed by atoms with Gasteiger partial charge in [-0.3, -0.25) is 10.4 Å². The number of hydrogen-bond donors (Lipinski definition) is 3. The summed E-state index contributed by atoms with van der Waals surface area (Å²) in [4.78, 5) is 10.3. The second kappa shape index (κ2) is 9.66.